The Kier molecular flexibility index (Phi) is 7.68. The van der Waals surface area contributed by atoms with E-state index >= 15 is 0 Å². The van der Waals surface area contributed by atoms with Crippen molar-refractivity contribution in [1.29, 1.82) is 0 Å². The number of ether oxygens (including phenoxy) is 4. The Morgan fingerprint density at radius 2 is 1.87 bits per heavy atom. The van der Waals surface area contributed by atoms with Crippen LogP contribution in [-0.2, 0) is 15.9 Å². The molecule has 0 N–H and O–H groups in total. The van der Waals surface area contributed by atoms with Crippen molar-refractivity contribution < 1.29 is 28.1 Å². The van der Waals surface area contributed by atoms with Gasteiger partial charge in [0.2, 0.25) is 0 Å². The Balaban J connectivity index is 1.83. The quantitative estimate of drug-likeness (QED) is 0.537. The van der Waals surface area contributed by atoms with Crippen LogP contribution in [0.4, 0.5) is 9.18 Å². The first kappa shape index (κ1) is 23.6. The molecule has 0 radical (unpaired) electrons. The van der Waals surface area contributed by atoms with Gasteiger partial charge in [0.15, 0.2) is 11.5 Å². The molecule has 0 saturated carbocycles. The summed E-state index contributed by atoms with van der Waals surface area (Å²) < 4.78 is 34.4. The van der Waals surface area contributed by atoms with E-state index in [0.29, 0.717) is 18.6 Å². The Labute approximate surface area is 185 Å². The van der Waals surface area contributed by atoms with Crippen LogP contribution in [0.25, 0.3) is 0 Å². The van der Waals surface area contributed by atoms with E-state index in [4.69, 9.17) is 18.9 Å². The Hall–Kier alpha value is -2.02. The zero-order valence-corrected chi connectivity index (χ0v) is 19.4. The average molecular weight is 438 g/mol. The first-order chi connectivity index (χ1) is 14.8. The van der Waals surface area contributed by atoms with Gasteiger partial charge < -0.3 is 18.9 Å². The molecule has 7 heteroatoms. The second-order valence-electron chi connectivity index (χ2n) is 9.41. The molecule has 0 spiro atoms. The van der Waals surface area contributed by atoms with E-state index in [2.05, 4.69) is 30.9 Å². The standard InChI is InChI=1S/C24H36FNO5/c1-24(2,9-10-25)8-6-17-15-26-11-7-16-12-21(28-3)22(29-4)13-18(16)19(26)14-20(17)31-23(27)30-5/h12-13,17,19-20H,6-11,14-15H2,1-5H3/t17-,19-,20-/m0/s1. The number of nitrogens with zero attached hydrogens (tertiary/aromatic N) is 1. The zero-order valence-electron chi connectivity index (χ0n) is 19.4. The summed E-state index contributed by atoms with van der Waals surface area (Å²) in [5.74, 6) is 1.64. The van der Waals surface area contributed by atoms with Crippen LogP contribution >= 0.6 is 0 Å². The highest BCUT2D eigenvalue weighted by molar-refractivity contribution is 5.60. The second-order valence-corrected chi connectivity index (χ2v) is 9.41. The molecule has 31 heavy (non-hydrogen) atoms. The van der Waals surface area contributed by atoms with Crippen molar-refractivity contribution in [3.05, 3.63) is 23.3 Å². The molecule has 0 unspecified atom stereocenters. The Morgan fingerprint density at radius 1 is 1.16 bits per heavy atom. The molecule has 3 rings (SSSR count). The Morgan fingerprint density at radius 3 is 2.52 bits per heavy atom. The van der Waals surface area contributed by atoms with E-state index < -0.39 is 6.16 Å². The van der Waals surface area contributed by atoms with E-state index in [0.717, 1.165) is 38.1 Å². The van der Waals surface area contributed by atoms with Crippen molar-refractivity contribution in [2.45, 2.75) is 58.1 Å². The molecule has 0 amide bonds. The molecule has 0 bridgehead atoms. The molecule has 174 valence electrons. The number of benzene rings is 1. The van der Waals surface area contributed by atoms with Gasteiger partial charge in [-0.05, 0) is 54.4 Å². The molecular weight excluding hydrogens is 401 g/mol. The first-order valence-corrected chi connectivity index (χ1v) is 11.1. The van der Waals surface area contributed by atoms with Gasteiger partial charge in [-0.1, -0.05) is 13.8 Å². The third-order valence-corrected chi connectivity index (χ3v) is 6.94. The van der Waals surface area contributed by atoms with Crippen molar-refractivity contribution in [3.63, 3.8) is 0 Å². The molecule has 2 aliphatic heterocycles. The van der Waals surface area contributed by atoms with Crippen LogP contribution in [0, 0.1) is 11.3 Å². The average Bonchev–Trinajstić information content (AvgIpc) is 2.76. The van der Waals surface area contributed by atoms with Crippen molar-refractivity contribution >= 4 is 6.16 Å². The van der Waals surface area contributed by atoms with Crippen LogP contribution in [0.3, 0.4) is 0 Å². The minimum absolute atomic E-state index is 0.0696. The summed E-state index contributed by atoms with van der Waals surface area (Å²) in [6.45, 7) is 5.68. The summed E-state index contributed by atoms with van der Waals surface area (Å²) in [6, 6.07) is 4.27. The van der Waals surface area contributed by atoms with Gasteiger partial charge in [0.1, 0.15) is 6.10 Å². The van der Waals surface area contributed by atoms with E-state index in [1.165, 1.54) is 18.2 Å². The molecule has 3 atom stereocenters. The number of methoxy groups -OCH3 is 3. The highest BCUT2D eigenvalue weighted by atomic mass is 19.1. The summed E-state index contributed by atoms with van der Waals surface area (Å²) in [5.41, 5.74) is 2.39. The van der Waals surface area contributed by atoms with Crippen molar-refractivity contribution in [1.82, 2.24) is 4.90 Å². The number of hydrogen-bond donors (Lipinski definition) is 0. The minimum atomic E-state index is -0.644. The first-order valence-electron chi connectivity index (χ1n) is 11.1. The highest BCUT2D eigenvalue weighted by Gasteiger charge is 2.41. The van der Waals surface area contributed by atoms with Crippen molar-refractivity contribution in [2.24, 2.45) is 11.3 Å². The third-order valence-electron chi connectivity index (χ3n) is 6.94. The monoisotopic (exact) mass is 437 g/mol. The minimum Gasteiger partial charge on any atom is -0.493 e. The van der Waals surface area contributed by atoms with Gasteiger partial charge in [-0.15, -0.1) is 0 Å². The maximum absolute atomic E-state index is 12.9. The van der Waals surface area contributed by atoms with Gasteiger partial charge in [-0.2, -0.15) is 0 Å². The van der Waals surface area contributed by atoms with Gasteiger partial charge in [-0.3, -0.25) is 9.29 Å². The van der Waals surface area contributed by atoms with Crippen molar-refractivity contribution in [2.75, 3.05) is 41.1 Å². The predicted molar refractivity (Wildman–Crippen MR) is 117 cm³/mol. The largest absolute Gasteiger partial charge is 0.508 e. The number of halogens is 1. The number of alkyl halides is 1. The number of carbonyl (C=O) groups is 1. The second kappa shape index (κ2) is 10.1. The fourth-order valence-electron chi connectivity index (χ4n) is 4.96. The van der Waals surface area contributed by atoms with Crippen LogP contribution in [0.2, 0.25) is 0 Å². The van der Waals surface area contributed by atoms with E-state index in [9.17, 15) is 9.18 Å². The zero-order chi connectivity index (χ0) is 22.6. The fraction of sp³-hybridized carbons (Fsp3) is 0.708. The Bertz CT molecular complexity index is 769. The van der Waals surface area contributed by atoms with E-state index in [-0.39, 0.29) is 30.2 Å². The van der Waals surface area contributed by atoms with Gasteiger partial charge in [-0.25, -0.2) is 4.79 Å². The molecule has 0 aromatic heterocycles. The topological polar surface area (TPSA) is 57.2 Å². The van der Waals surface area contributed by atoms with Gasteiger partial charge >= 0.3 is 6.16 Å². The molecule has 0 aliphatic carbocycles. The van der Waals surface area contributed by atoms with Crippen LogP contribution in [0.15, 0.2) is 12.1 Å². The van der Waals surface area contributed by atoms with Gasteiger partial charge in [0, 0.05) is 31.5 Å². The summed E-state index contributed by atoms with van der Waals surface area (Å²) in [7, 11) is 4.63. The third kappa shape index (κ3) is 5.43. The fourth-order valence-corrected chi connectivity index (χ4v) is 4.96. The summed E-state index contributed by atoms with van der Waals surface area (Å²) in [6.07, 6.45) is 3.08. The number of hydrogen-bond acceptors (Lipinski definition) is 6. The van der Waals surface area contributed by atoms with E-state index in [1.807, 2.05) is 0 Å². The number of fused-ring (bicyclic) bond motifs is 3. The number of piperidine rings is 1. The maximum Gasteiger partial charge on any atom is 0.508 e. The molecule has 2 heterocycles. The molecule has 1 aromatic carbocycles. The van der Waals surface area contributed by atoms with Crippen LogP contribution in [0.1, 0.15) is 56.7 Å². The summed E-state index contributed by atoms with van der Waals surface area (Å²) in [5, 5.41) is 0. The lowest BCUT2D eigenvalue weighted by molar-refractivity contribution is -0.0490. The smallest absolute Gasteiger partial charge is 0.493 e. The molecule has 1 aromatic rings. The lowest BCUT2D eigenvalue weighted by Crippen LogP contribution is -2.49. The molecule has 6 nitrogen and oxygen atoms in total. The normalized spacial score (nSPS) is 23.5. The lowest BCUT2D eigenvalue weighted by atomic mass is 9.76. The molecule has 2 aliphatic rings. The van der Waals surface area contributed by atoms with Crippen molar-refractivity contribution in [3.8, 4) is 11.5 Å². The van der Waals surface area contributed by atoms with E-state index in [1.54, 1.807) is 14.2 Å². The van der Waals surface area contributed by atoms with Crippen LogP contribution < -0.4 is 9.47 Å². The lowest BCUT2D eigenvalue weighted by Gasteiger charge is -2.47. The maximum atomic E-state index is 12.9. The van der Waals surface area contributed by atoms with Crippen LogP contribution in [-0.4, -0.2) is 58.3 Å². The molecule has 1 saturated heterocycles. The van der Waals surface area contributed by atoms with Crippen LogP contribution in [0.5, 0.6) is 11.5 Å². The molecular formula is C24H36FNO5. The summed E-state index contributed by atoms with van der Waals surface area (Å²) in [4.78, 5) is 14.5. The predicted octanol–water partition coefficient (Wildman–Crippen LogP) is 4.94. The number of rotatable bonds is 8. The number of carbonyl (C=O) groups excluding carboxylic acids is 1. The SMILES string of the molecule is COC(=O)O[C@H]1C[C@H]2c3cc(OC)c(OC)cc3CCN2C[C@@H]1CCC(C)(C)CCF. The van der Waals surface area contributed by atoms with Gasteiger partial charge in [0.05, 0.1) is 28.0 Å². The highest BCUT2D eigenvalue weighted by Crippen LogP contribution is 2.45. The molecule has 1 fully saturated rings. The summed E-state index contributed by atoms with van der Waals surface area (Å²) >= 11 is 0. The van der Waals surface area contributed by atoms with Gasteiger partial charge in [0.25, 0.3) is 0 Å².